The van der Waals surface area contributed by atoms with Crippen molar-refractivity contribution in [3.8, 4) is 11.5 Å². The Bertz CT molecular complexity index is 678. The lowest BCUT2D eigenvalue weighted by Crippen LogP contribution is -2.16. The molecule has 2 heterocycles. The maximum Gasteiger partial charge on any atom is 0.145 e. The van der Waals surface area contributed by atoms with Gasteiger partial charge in [-0.3, -0.25) is 0 Å². The summed E-state index contributed by atoms with van der Waals surface area (Å²) in [6, 6.07) is 15.8. The average molecular weight is 281 g/mol. The van der Waals surface area contributed by atoms with E-state index in [4.69, 9.17) is 19.2 Å². The average Bonchev–Trinajstić information content (AvgIpc) is 3.37. The molecule has 2 aliphatic rings. The van der Waals surface area contributed by atoms with Crippen molar-refractivity contribution >= 4 is 11.4 Å². The van der Waals surface area contributed by atoms with Crippen LogP contribution >= 0.6 is 0 Å². The van der Waals surface area contributed by atoms with Gasteiger partial charge in [-0.15, -0.1) is 0 Å². The normalized spacial score (nSPS) is 19.2. The maximum absolute atomic E-state index is 5.77. The number of aliphatic imine (C=N–C) groups is 1. The van der Waals surface area contributed by atoms with E-state index in [1.54, 1.807) is 0 Å². The fraction of sp³-hybridized carbons (Fsp3) is 0.235. The van der Waals surface area contributed by atoms with Crippen LogP contribution in [-0.2, 0) is 4.74 Å². The minimum absolute atomic E-state index is 0.251. The lowest BCUT2D eigenvalue weighted by Gasteiger charge is -2.18. The molecule has 0 spiro atoms. The Morgan fingerprint density at radius 1 is 1.14 bits per heavy atom. The molecule has 4 nitrogen and oxygen atoms in total. The van der Waals surface area contributed by atoms with Gasteiger partial charge in [0.25, 0.3) is 0 Å². The Morgan fingerprint density at radius 2 is 2.00 bits per heavy atom. The van der Waals surface area contributed by atoms with Crippen LogP contribution in [0.3, 0.4) is 0 Å². The van der Waals surface area contributed by atoms with Gasteiger partial charge in [0.1, 0.15) is 36.5 Å². The molecule has 0 amide bonds. The number of ether oxygens (including phenoxy) is 3. The van der Waals surface area contributed by atoms with Crippen LogP contribution < -0.4 is 9.47 Å². The van der Waals surface area contributed by atoms with Gasteiger partial charge in [-0.1, -0.05) is 30.3 Å². The monoisotopic (exact) mass is 281 g/mol. The summed E-state index contributed by atoms with van der Waals surface area (Å²) in [7, 11) is 0. The van der Waals surface area contributed by atoms with Gasteiger partial charge in [-0.05, 0) is 17.7 Å². The molecule has 0 saturated carbocycles. The number of nitrogens with zero attached hydrogens (tertiary/aromatic N) is 1. The highest BCUT2D eigenvalue weighted by atomic mass is 16.6. The van der Waals surface area contributed by atoms with E-state index in [0.29, 0.717) is 13.2 Å². The number of rotatable bonds is 4. The summed E-state index contributed by atoms with van der Waals surface area (Å²) in [6.07, 6.45) is 0.251. The van der Waals surface area contributed by atoms with Gasteiger partial charge in [0, 0.05) is 6.07 Å². The van der Waals surface area contributed by atoms with Gasteiger partial charge in [0.05, 0.1) is 12.3 Å². The van der Waals surface area contributed by atoms with Crippen molar-refractivity contribution < 1.29 is 14.2 Å². The van der Waals surface area contributed by atoms with Crippen molar-refractivity contribution in [2.24, 2.45) is 4.99 Å². The van der Waals surface area contributed by atoms with Crippen LogP contribution in [0.25, 0.3) is 0 Å². The standard InChI is InChI=1S/C17H15NO3/c1-2-4-12(5-3-1)16-11-21-17-7-6-13(8-15(17)18-16)19-9-14-10-20-14/h1-8,14H,9-11H2. The third-order valence-electron chi connectivity index (χ3n) is 3.50. The lowest BCUT2D eigenvalue weighted by atomic mass is 10.1. The van der Waals surface area contributed by atoms with Crippen LogP contribution in [0.4, 0.5) is 5.69 Å². The van der Waals surface area contributed by atoms with Gasteiger partial charge in [-0.2, -0.15) is 0 Å². The zero-order valence-corrected chi connectivity index (χ0v) is 11.5. The molecule has 4 rings (SSSR count). The minimum Gasteiger partial charge on any atom is -0.491 e. The molecular weight excluding hydrogens is 266 g/mol. The Morgan fingerprint density at radius 3 is 2.81 bits per heavy atom. The summed E-state index contributed by atoms with van der Waals surface area (Å²) >= 11 is 0. The summed E-state index contributed by atoms with van der Waals surface area (Å²) in [5, 5.41) is 0. The number of epoxide rings is 1. The molecule has 106 valence electrons. The van der Waals surface area contributed by atoms with Crippen LogP contribution in [-0.4, -0.2) is 31.6 Å². The van der Waals surface area contributed by atoms with Crippen molar-refractivity contribution in [1.82, 2.24) is 0 Å². The number of fused-ring (bicyclic) bond motifs is 1. The summed E-state index contributed by atoms with van der Waals surface area (Å²) in [6.45, 7) is 1.88. The van der Waals surface area contributed by atoms with E-state index in [0.717, 1.165) is 35.1 Å². The van der Waals surface area contributed by atoms with E-state index < -0.39 is 0 Å². The van der Waals surface area contributed by atoms with Crippen LogP contribution in [0.5, 0.6) is 11.5 Å². The van der Waals surface area contributed by atoms with E-state index in [9.17, 15) is 0 Å². The first-order valence-corrected chi connectivity index (χ1v) is 7.03. The zero-order chi connectivity index (χ0) is 14.1. The van der Waals surface area contributed by atoms with Gasteiger partial charge in [0.15, 0.2) is 0 Å². The number of benzene rings is 2. The Labute approximate surface area is 123 Å². The quantitative estimate of drug-likeness (QED) is 0.809. The molecule has 1 fully saturated rings. The second-order valence-electron chi connectivity index (χ2n) is 5.11. The summed E-state index contributed by atoms with van der Waals surface area (Å²) < 4.78 is 16.6. The number of hydrogen-bond donors (Lipinski definition) is 0. The topological polar surface area (TPSA) is 43.3 Å². The van der Waals surface area contributed by atoms with Crippen LogP contribution in [0.2, 0.25) is 0 Å². The van der Waals surface area contributed by atoms with Crippen molar-refractivity contribution in [3.05, 3.63) is 54.1 Å². The maximum atomic E-state index is 5.77. The van der Waals surface area contributed by atoms with Crippen molar-refractivity contribution in [2.45, 2.75) is 6.10 Å². The van der Waals surface area contributed by atoms with Gasteiger partial charge < -0.3 is 14.2 Å². The molecule has 0 bridgehead atoms. The Hall–Kier alpha value is -2.33. The third kappa shape index (κ3) is 2.76. The summed E-state index contributed by atoms with van der Waals surface area (Å²) in [5.74, 6) is 1.59. The predicted octanol–water partition coefficient (Wildman–Crippen LogP) is 2.98. The van der Waals surface area contributed by atoms with Gasteiger partial charge in [-0.25, -0.2) is 4.99 Å². The van der Waals surface area contributed by atoms with E-state index in [1.165, 1.54) is 0 Å². The van der Waals surface area contributed by atoms with Crippen LogP contribution in [0.15, 0.2) is 53.5 Å². The minimum atomic E-state index is 0.251. The molecule has 0 aliphatic carbocycles. The van der Waals surface area contributed by atoms with Crippen molar-refractivity contribution in [1.29, 1.82) is 0 Å². The second kappa shape index (κ2) is 5.22. The second-order valence-corrected chi connectivity index (χ2v) is 5.11. The highest BCUT2D eigenvalue weighted by Crippen LogP contribution is 2.35. The van der Waals surface area contributed by atoms with E-state index in [1.807, 2.05) is 48.5 Å². The molecule has 2 aromatic rings. The molecule has 1 unspecified atom stereocenters. The highest BCUT2D eigenvalue weighted by Gasteiger charge is 2.23. The van der Waals surface area contributed by atoms with Crippen molar-refractivity contribution in [3.63, 3.8) is 0 Å². The molecule has 0 aromatic heterocycles. The molecule has 1 atom stereocenters. The van der Waals surface area contributed by atoms with Crippen LogP contribution in [0, 0.1) is 0 Å². The van der Waals surface area contributed by atoms with Crippen molar-refractivity contribution in [2.75, 3.05) is 19.8 Å². The largest absolute Gasteiger partial charge is 0.491 e. The summed E-state index contributed by atoms with van der Waals surface area (Å²) in [5.41, 5.74) is 2.83. The Kier molecular flexibility index (Phi) is 3.09. The predicted molar refractivity (Wildman–Crippen MR) is 79.8 cm³/mol. The molecule has 4 heteroatoms. The first-order chi connectivity index (χ1) is 10.4. The van der Waals surface area contributed by atoms with Gasteiger partial charge >= 0.3 is 0 Å². The molecule has 1 saturated heterocycles. The Balaban J connectivity index is 1.60. The SMILES string of the molecule is c1ccc(C2=Nc3cc(OCC4CO4)ccc3OC2)cc1. The molecule has 2 aliphatic heterocycles. The molecule has 0 N–H and O–H groups in total. The molecular formula is C17H15NO3. The fourth-order valence-corrected chi connectivity index (χ4v) is 2.25. The fourth-order valence-electron chi connectivity index (χ4n) is 2.25. The zero-order valence-electron chi connectivity index (χ0n) is 11.5. The number of hydrogen-bond acceptors (Lipinski definition) is 4. The van der Waals surface area contributed by atoms with E-state index >= 15 is 0 Å². The van der Waals surface area contributed by atoms with E-state index in [2.05, 4.69) is 0 Å². The lowest BCUT2D eigenvalue weighted by molar-refractivity contribution is 0.262. The smallest absolute Gasteiger partial charge is 0.145 e. The molecule has 0 radical (unpaired) electrons. The van der Waals surface area contributed by atoms with Gasteiger partial charge in [0.2, 0.25) is 0 Å². The first kappa shape index (κ1) is 12.4. The van der Waals surface area contributed by atoms with Crippen LogP contribution in [0.1, 0.15) is 5.56 Å². The summed E-state index contributed by atoms with van der Waals surface area (Å²) in [4.78, 5) is 4.70. The first-order valence-electron chi connectivity index (χ1n) is 7.03. The molecule has 2 aromatic carbocycles. The highest BCUT2D eigenvalue weighted by molar-refractivity contribution is 6.04. The van der Waals surface area contributed by atoms with E-state index in [-0.39, 0.29) is 6.10 Å². The third-order valence-corrected chi connectivity index (χ3v) is 3.50. The molecule has 21 heavy (non-hydrogen) atoms.